The second-order valence-electron chi connectivity index (χ2n) is 19.2. The summed E-state index contributed by atoms with van der Waals surface area (Å²) in [6.07, 6.45) is 76.8. The van der Waals surface area contributed by atoms with E-state index in [0.717, 1.165) is 128 Å². The summed E-state index contributed by atoms with van der Waals surface area (Å²) in [6.45, 7) is 6.47. The van der Waals surface area contributed by atoms with Crippen molar-refractivity contribution in [1.29, 1.82) is 0 Å². The molecule has 0 fully saturated rings. The number of carbonyl (C=O) groups is 3. The Morgan fingerprint density at radius 3 is 0.886 bits per heavy atom. The maximum absolute atomic E-state index is 12.9. The van der Waals surface area contributed by atoms with E-state index in [1.165, 1.54) is 103 Å². The lowest BCUT2D eigenvalue weighted by Crippen LogP contribution is -2.30. The standard InChI is InChI=1S/C64H108O6/c1-4-7-10-13-16-19-22-25-27-29-31-32-33-35-36-39-42-45-48-51-54-57-63(66)69-60-61(59-68-62(65)56-53-50-47-44-41-38-24-21-18-15-12-9-6-3)70-64(67)58-55-52-49-46-43-40-37-34-30-28-26-23-20-17-14-11-8-5-2/h7,10,16,19-21,23-25,27-28,30-32,35-36,61H,4-6,8-9,11-15,17-18,22,26,29,33-34,37-60H2,1-3H3/b10-7-,19-16-,23-20-,24-21-,27-25-,30-28-,32-31-,36-35-. The van der Waals surface area contributed by atoms with Crippen molar-refractivity contribution in [3.63, 3.8) is 0 Å². The van der Waals surface area contributed by atoms with Crippen molar-refractivity contribution in [2.45, 2.75) is 277 Å². The highest BCUT2D eigenvalue weighted by molar-refractivity contribution is 5.71. The van der Waals surface area contributed by atoms with E-state index in [4.69, 9.17) is 14.2 Å². The van der Waals surface area contributed by atoms with E-state index in [1.807, 2.05) is 0 Å². The molecule has 0 bridgehead atoms. The average molecular weight is 974 g/mol. The molecule has 0 heterocycles. The van der Waals surface area contributed by atoms with Gasteiger partial charge in [-0.25, -0.2) is 0 Å². The molecule has 0 amide bonds. The molecule has 0 saturated heterocycles. The molecule has 0 aliphatic heterocycles. The smallest absolute Gasteiger partial charge is 0.306 e. The van der Waals surface area contributed by atoms with Crippen molar-refractivity contribution < 1.29 is 28.6 Å². The number of esters is 3. The van der Waals surface area contributed by atoms with E-state index in [-0.39, 0.29) is 31.1 Å². The van der Waals surface area contributed by atoms with Crippen LogP contribution in [0.4, 0.5) is 0 Å². The zero-order chi connectivity index (χ0) is 50.7. The van der Waals surface area contributed by atoms with Crippen LogP contribution in [0, 0.1) is 0 Å². The van der Waals surface area contributed by atoms with Crippen LogP contribution < -0.4 is 0 Å². The Bertz CT molecular complexity index is 1400. The maximum atomic E-state index is 12.9. The molecule has 0 aliphatic carbocycles. The molecule has 0 radical (unpaired) electrons. The summed E-state index contributed by atoms with van der Waals surface area (Å²) in [4.78, 5) is 38.2. The zero-order valence-electron chi connectivity index (χ0n) is 45.8. The minimum Gasteiger partial charge on any atom is -0.462 e. The largest absolute Gasteiger partial charge is 0.462 e. The third kappa shape index (κ3) is 55.3. The van der Waals surface area contributed by atoms with Crippen molar-refractivity contribution in [3.05, 3.63) is 97.2 Å². The zero-order valence-corrected chi connectivity index (χ0v) is 45.8. The molecule has 6 nitrogen and oxygen atoms in total. The molecular formula is C64H108O6. The summed E-state index contributed by atoms with van der Waals surface area (Å²) >= 11 is 0. The molecule has 0 spiro atoms. The van der Waals surface area contributed by atoms with E-state index in [1.54, 1.807) is 0 Å². The molecule has 0 aromatic heterocycles. The van der Waals surface area contributed by atoms with Gasteiger partial charge in [0.15, 0.2) is 6.10 Å². The second-order valence-corrected chi connectivity index (χ2v) is 19.2. The maximum Gasteiger partial charge on any atom is 0.306 e. The van der Waals surface area contributed by atoms with Crippen molar-refractivity contribution in [2.24, 2.45) is 0 Å². The summed E-state index contributed by atoms with van der Waals surface area (Å²) in [5, 5.41) is 0. The van der Waals surface area contributed by atoms with Crippen LogP contribution in [0.25, 0.3) is 0 Å². The highest BCUT2D eigenvalue weighted by Gasteiger charge is 2.19. The van der Waals surface area contributed by atoms with Gasteiger partial charge in [-0.05, 0) is 122 Å². The van der Waals surface area contributed by atoms with E-state index in [0.29, 0.717) is 19.3 Å². The van der Waals surface area contributed by atoms with Gasteiger partial charge in [0.05, 0.1) is 0 Å². The average Bonchev–Trinajstić information content (AvgIpc) is 3.36. The van der Waals surface area contributed by atoms with Gasteiger partial charge in [-0.1, -0.05) is 227 Å². The topological polar surface area (TPSA) is 78.9 Å². The number of allylic oxidation sites excluding steroid dienone is 16. The van der Waals surface area contributed by atoms with Gasteiger partial charge >= 0.3 is 17.9 Å². The summed E-state index contributed by atoms with van der Waals surface area (Å²) in [5.41, 5.74) is 0. The highest BCUT2D eigenvalue weighted by Crippen LogP contribution is 2.14. The molecule has 6 heteroatoms. The number of hydrogen-bond acceptors (Lipinski definition) is 6. The second kappa shape index (κ2) is 57.9. The Morgan fingerprint density at radius 1 is 0.300 bits per heavy atom. The molecule has 0 aromatic rings. The van der Waals surface area contributed by atoms with Crippen molar-refractivity contribution in [1.82, 2.24) is 0 Å². The fourth-order valence-corrected chi connectivity index (χ4v) is 7.91. The van der Waals surface area contributed by atoms with Gasteiger partial charge < -0.3 is 14.2 Å². The number of ether oxygens (including phenoxy) is 3. The number of carbonyl (C=O) groups excluding carboxylic acids is 3. The molecule has 0 aromatic carbocycles. The molecule has 0 N–H and O–H groups in total. The first kappa shape index (κ1) is 66.3. The van der Waals surface area contributed by atoms with Crippen LogP contribution >= 0.6 is 0 Å². The molecule has 0 rings (SSSR count). The molecule has 0 aliphatic rings. The molecular weight excluding hydrogens is 865 g/mol. The van der Waals surface area contributed by atoms with E-state index in [2.05, 4.69) is 118 Å². The van der Waals surface area contributed by atoms with Gasteiger partial charge in [-0.15, -0.1) is 0 Å². The Hall–Kier alpha value is -3.67. The first-order chi connectivity index (χ1) is 34.5. The van der Waals surface area contributed by atoms with Crippen LogP contribution in [0.3, 0.4) is 0 Å². The van der Waals surface area contributed by atoms with Gasteiger partial charge in [0, 0.05) is 19.3 Å². The lowest BCUT2D eigenvalue weighted by molar-refractivity contribution is -0.167. The molecule has 70 heavy (non-hydrogen) atoms. The van der Waals surface area contributed by atoms with Gasteiger partial charge in [-0.3, -0.25) is 14.4 Å². The van der Waals surface area contributed by atoms with E-state index in [9.17, 15) is 14.4 Å². The van der Waals surface area contributed by atoms with E-state index < -0.39 is 6.10 Å². The Morgan fingerprint density at radius 2 is 0.557 bits per heavy atom. The predicted octanol–water partition coefficient (Wildman–Crippen LogP) is 19.7. The van der Waals surface area contributed by atoms with E-state index >= 15 is 0 Å². The molecule has 0 saturated carbocycles. The fraction of sp³-hybridized carbons (Fsp3) is 0.703. The third-order valence-corrected chi connectivity index (χ3v) is 12.3. The molecule has 400 valence electrons. The van der Waals surface area contributed by atoms with Gasteiger partial charge in [0.25, 0.3) is 0 Å². The number of hydrogen-bond donors (Lipinski definition) is 0. The SMILES string of the molecule is CC/C=C\C/C=C\C/C=C\C/C=C\C/C=C\CCCCCCCC(=O)OCC(COC(=O)CCCCCCC/C=C\CCCCCC)OC(=O)CCCCCCCCC/C=C\C/C=C\CCCCCC. The van der Waals surface area contributed by atoms with Crippen LogP contribution in [0.15, 0.2) is 97.2 Å². The summed E-state index contributed by atoms with van der Waals surface area (Å²) < 4.78 is 16.9. The predicted molar refractivity (Wildman–Crippen MR) is 302 cm³/mol. The lowest BCUT2D eigenvalue weighted by atomic mass is 10.1. The summed E-state index contributed by atoms with van der Waals surface area (Å²) in [6, 6.07) is 0. The monoisotopic (exact) mass is 973 g/mol. The first-order valence-electron chi connectivity index (χ1n) is 29.2. The fourth-order valence-electron chi connectivity index (χ4n) is 7.91. The van der Waals surface area contributed by atoms with Gasteiger partial charge in [-0.2, -0.15) is 0 Å². The number of rotatable bonds is 52. The van der Waals surface area contributed by atoms with Crippen LogP contribution in [0.2, 0.25) is 0 Å². The Labute approximate surface area is 432 Å². The summed E-state index contributed by atoms with van der Waals surface area (Å²) in [5.74, 6) is -0.923. The first-order valence-corrected chi connectivity index (χ1v) is 29.2. The third-order valence-electron chi connectivity index (χ3n) is 12.3. The molecule has 1 unspecified atom stereocenters. The number of unbranched alkanes of at least 4 members (excludes halogenated alkanes) is 25. The van der Waals surface area contributed by atoms with Crippen molar-refractivity contribution in [2.75, 3.05) is 13.2 Å². The van der Waals surface area contributed by atoms with Crippen molar-refractivity contribution in [3.8, 4) is 0 Å². The van der Waals surface area contributed by atoms with Crippen LogP contribution in [-0.4, -0.2) is 37.2 Å². The normalized spacial score (nSPS) is 12.8. The highest BCUT2D eigenvalue weighted by atomic mass is 16.6. The van der Waals surface area contributed by atoms with Crippen LogP contribution in [-0.2, 0) is 28.6 Å². The Kier molecular flexibility index (Phi) is 54.9. The van der Waals surface area contributed by atoms with Crippen LogP contribution in [0.5, 0.6) is 0 Å². The summed E-state index contributed by atoms with van der Waals surface area (Å²) in [7, 11) is 0. The quantitative estimate of drug-likeness (QED) is 0.0262. The minimum atomic E-state index is -0.795. The van der Waals surface area contributed by atoms with Crippen molar-refractivity contribution >= 4 is 17.9 Å². The van der Waals surface area contributed by atoms with Crippen LogP contribution in [0.1, 0.15) is 271 Å². The van der Waals surface area contributed by atoms with Gasteiger partial charge in [0.2, 0.25) is 0 Å². The Balaban J connectivity index is 4.43. The minimum absolute atomic E-state index is 0.0917. The lowest BCUT2D eigenvalue weighted by Gasteiger charge is -2.18. The molecule has 1 atom stereocenters. The van der Waals surface area contributed by atoms with Gasteiger partial charge in [0.1, 0.15) is 13.2 Å².